The average molecular weight is 1090 g/mol. The standard InChI is InChI=1S/C72H124O6/c1-4-7-10-13-16-19-22-25-28-30-32-34-36-38-40-42-44-47-50-53-56-59-62-65-71(74)77-68-69(67-76-70(73)64-61-58-55-52-49-46-27-24-21-18-15-12-9-6-3)78-72(75)66-63-60-57-54-51-48-45-43-41-39-37-35-33-31-29-26-23-20-17-14-11-8-5-2/h7,10,16,19,25,28,31-34,38,40,44,47,53,56,69H,4-6,8-9,11-15,17-18,20-24,26-27,29-30,35-37,39,41-43,45-46,48-52,54-55,57-68H2,1-3H3/b10-7-,19-16-,28-25-,33-31-,34-32-,40-38-,47-44-,56-53-. The molecule has 0 saturated heterocycles. The molecule has 0 fully saturated rings. The van der Waals surface area contributed by atoms with Crippen molar-refractivity contribution >= 4 is 17.9 Å². The normalized spacial score (nSPS) is 12.7. The molecule has 6 heteroatoms. The van der Waals surface area contributed by atoms with Gasteiger partial charge in [-0.1, -0.05) is 304 Å². The van der Waals surface area contributed by atoms with Crippen LogP contribution in [0.4, 0.5) is 0 Å². The van der Waals surface area contributed by atoms with E-state index in [-0.39, 0.29) is 37.5 Å². The van der Waals surface area contributed by atoms with Gasteiger partial charge in [0.05, 0.1) is 0 Å². The molecule has 0 aliphatic rings. The van der Waals surface area contributed by atoms with Crippen LogP contribution >= 0.6 is 0 Å². The molecular weight excluding hydrogens is 961 g/mol. The van der Waals surface area contributed by atoms with Crippen LogP contribution in [-0.4, -0.2) is 37.2 Å². The van der Waals surface area contributed by atoms with E-state index >= 15 is 0 Å². The zero-order valence-electron chi connectivity index (χ0n) is 51.4. The van der Waals surface area contributed by atoms with Crippen LogP contribution in [-0.2, 0) is 28.6 Å². The van der Waals surface area contributed by atoms with Crippen molar-refractivity contribution < 1.29 is 28.6 Å². The van der Waals surface area contributed by atoms with E-state index in [2.05, 4.69) is 118 Å². The van der Waals surface area contributed by atoms with Gasteiger partial charge >= 0.3 is 17.9 Å². The summed E-state index contributed by atoms with van der Waals surface area (Å²) in [5.74, 6) is -0.943. The van der Waals surface area contributed by atoms with Crippen LogP contribution in [0.3, 0.4) is 0 Å². The van der Waals surface area contributed by atoms with Gasteiger partial charge in [-0.05, 0) is 96.3 Å². The van der Waals surface area contributed by atoms with Gasteiger partial charge in [0.15, 0.2) is 6.10 Å². The Kier molecular flexibility index (Phi) is 62.7. The summed E-state index contributed by atoms with van der Waals surface area (Å²) in [5, 5.41) is 0. The first-order valence-electron chi connectivity index (χ1n) is 33.2. The van der Waals surface area contributed by atoms with E-state index in [4.69, 9.17) is 14.2 Å². The van der Waals surface area contributed by atoms with Crippen molar-refractivity contribution in [1.29, 1.82) is 0 Å². The van der Waals surface area contributed by atoms with Crippen molar-refractivity contribution in [2.24, 2.45) is 0 Å². The molecule has 0 spiro atoms. The molecule has 0 bridgehead atoms. The summed E-state index contributed by atoms with van der Waals surface area (Å²) in [5.41, 5.74) is 0. The fourth-order valence-corrected chi connectivity index (χ4v) is 9.37. The fourth-order valence-electron chi connectivity index (χ4n) is 9.37. The lowest BCUT2D eigenvalue weighted by molar-refractivity contribution is -0.167. The van der Waals surface area contributed by atoms with Gasteiger partial charge < -0.3 is 14.2 Å². The smallest absolute Gasteiger partial charge is 0.306 e. The maximum atomic E-state index is 12.9. The molecule has 0 heterocycles. The third-order valence-corrected chi connectivity index (χ3v) is 14.3. The molecule has 1 unspecified atom stereocenters. The topological polar surface area (TPSA) is 78.9 Å². The molecule has 1 atom stereocenters. The molecule has 78 heavy (non-hydrogen) atoms. The molecule has 0 aromatic rings. The van der Waals surface area contributed by atoms with Crippen LogP contribution in [0.2, 0.25) is 0 Å². The molecule has 0 aromatic heterocycles. The molecule has 448 valence electrons. The number of carbonyl (C=O) groups excluding carboxylic acids is 3. The molecule has 0 aliphatic carbocycles. The summed E-state index contributed by atoms with van der Waals surface area (Å²) in [6.07, 6.45) is 88.5. The zero-order valence-corrected chi connectivity index (χ0v) is 51.4. The van der Waals surface area contributed by atoms with E-state index < -0.39 is 6.10 Å². The van der Waals surface area contributed by atoms with E-state index in [1.54, 1.807) is 0 Å². The first kappa shape index (κ1) is 74.3. The summed E-state index contributed by atoms with van der Waals surface area (Å²) < 4.78 is 16.9. The van der Waals surface area contributed by atoms with Crippen LogP contribution in [0, 0.1) is 0 Å². The van der Waals surface area contributed by atoms with Crippen LogP contribution < -0.4 is 0 Å². The number of hydrogen-bond acceptors (Lipinski definition) is 6. The Hall–Kier alpha value is -3.67. The van der Waals surface area contributed by atoms with Gasteiger partial charge in [-0.2, -0.15) is 0 Å². The molecule has 0 radical (unpaired) electrons. The number of carbonyl (C=O) groups is 3. The Balaban J connectivity index is 4.42. The van der Waals surface area contributed by atoms with Crippen LogP contribution in [0.5, 0.6) is 0 Å². The summed E-state index contributed by atoms with van der Waals surface area (Å²) in [7, 11) is 0. The minimum atomic E-state index is -0.802. The maximum Gasteiger partial charge on any atom is 0.306 e. The second kappa shape index (κ2) is 65.8. The molecule has 0 amide bonds. The molecular formula is C72H124O6. The molecule has 0 saturated carbocycles. The van der Waals surface area contributed by atoms with Gasteiger partial charge in [-0.3, -0.25) is 14.4 Å². The van der Waals surface area contributed by atoms with E-state index in [1.807, 2.05) is 0 Å². The van der Waals surface area contributed by atoms with Crippen molar-refractivity contribution in [3.63, 3.8) is 0 Å². The number of unbranched alkanes of at least 4 members (excludes halogenated alkanes) is 33. The Morgan fingerprint density at radius 2 is 0.513 bits per heavy atom. The van der Waals surface area contributed by atoms with Gasteiger partial charge in [-0.25, -0.2) is 0 Å². The predicted molar refractivity (Wildman–Crippen MR) is 339 cm³/mol. The number of ether oxygens (including phenoxy) is 3. The van der Waals surface area contributed by atoms with E-state index in [1.165, 1.54) is 186 Å². The van der Waals surface area contributed by atoms with Crippen LogP contribution in [0.15, 0.2) is 97.2 Å². The van der Waals surface area contributed by atoms with Crippen molar-refractivity contribution in [3.8, 4) is 0 Å². The lowest BCUT2D eigenvalue weighted by Crippen LogP contribution is -2.30. The average Bonchev–Trinajstić information content (AvgIpc) is 3.44. The van der Waals surface area contributed by atoms with E-state index in [9.17, 15) is 14.4 Å². The number of hydrogen-bond donors (Lipinski definition) is 0. The Morgan fingerprint density at radius 1 is 0.269 bits per heavy atom. The van der Waals surface area contributed by atoms with Crippen molar-refractivity contribution in [1.82, 2.24) is 0 Å². The monoisotopic (exact) mass is 1080 g/mol. The molecule has 0 N–H and O–H groups in total. The first-order chi connectivity index (χ1) is 38.5. The molecule has 0 aromatic carbocycles. The Bertz CT molecular complexity index is 1530. The lowest BCUT2D eigenvalue weighted by Gasteiger charge is -2.18. The van der Waals surface area contributed by atoms with Gasteiger partial charge in [0.1, 0.15) is 13.2 Å². The SMILES string of the molecule is CC/C=C\C/C=C\C/C=C\C/C=C\C/C=C\C/C=C\C/C=C\CCCC(=O)OCC(COC(=O)CCCCCCCCCCCCCCCC)OC(=O)CCCCCCCCCCCCC/C=C\CCCCCCCCCC. The van der Waals surface area contributed by atoms with E-state index in [0.29, 0.717) is 19.3 Å². The fraction of sp³-hybridized carbons (Fsp3) is 0.736. The minimum absolute atomic E-state index is 0.0930. The first-order valence-corrected chi connectivity index (χ1v) is 33.2. The van der Waals surface area contributed by atoms with Gasteiger partial charge in [0, 0.05) is 19.3 Å². The van der Waals surface area contributed by atoms with Gasteiger partial charge in [0.25, 0.3) is 0 Å². The highest BCUT2D eigenvalue weighted by atomic mass is 16.6. The predicted octanol–water partition coefficient (Wildman–Crippen LogP) is 22.8. The lowest BCUT2D eigenvalue weighted by atomic mass is 10.0. The second-order valence-corrected chi connectivity index (χ2v) is 22.0. The highest BCUT2D eigenvalue weighted by Gasteiger charge is 2.19. The summed E-state index contributed by atoms with van der Waals surface area (Å²) in [6.45, 7) is 6.51. The molecule has 0 aliphatic heterocycles. The van der Waals surface area contributed by atoms with Gasteiger partial charge in [0.2, 0.25) is 0 Å². The van der Waals surface area contributed by atoms with Crippen LogP contribution in [0.25, 0.3) is 0 Å². The number of rotatable bonds is 60. The van der Waals surface area contributed by atoms with E-state index in [0.717, 1.165) is 89.9 Å². The number of esters is 3. The van der Waals surface area contributed by atoms with Crippen molar-refractivity contribution in [2.45, 2.75) is 329 Å². The third kappa shape index (κ3) is 63.2. The summed E-state index contributed by atoms with van der Waals surface area (Å²) >= 11 is 0. The molecule has 6 nitrogen and oxygen atoms in total. The largest absolute Gasteiger partial charge is 0.462 e. The number of allylic oxidation sites excluding steroid dienone is 16. The maximum absolute atomic E-state index is 12.9. The zero-order chi connectivity index (χ0) is 56.4. The molecule has 0 rings (SSSR count). The second-order valence-electron chi connectivity index (χ2n) is 22.0. The van der Waals surface area contributed by atoms with Crippen molar-refractivity contribution in [3.05, 3.63) is 97.2 Å². The quantitative estimate of drug-likeness (QED) is 0.0261. The summed E-state index contributed by atoms with van der Waals surface area (Å²) in [4.78, 5) is 38.3. The highest BCUT2D eigenvalue weighted by molar-refractivity contribution is 5.71. The Labute approximate surface area is 483 Å². The van der Waals surface area contributed by atoms with Crippen LogP contribution in [0.1, 0.15) is 323 Å². The summed E-state index contributed by atoms with van der Waals surface area (Å²) in [6, 6.07) is 0. The Morgan fingerprint density at radius 3 is 0.846 bits per heavy atom. The van der Waals surface area contributed by atoms with Crippen molar-refractivity contribution in [2.75, 3.05) is 13.2 Å². The minimum Gasteiger partial charge on any atom is -0.462 e. The highest BCUT2D eigenvalue weighted by Crippen LogP contribution is 2.17. The van der Waals surface area contributed by atoms with Gasteiger partial charge in [-0.15, -0.1) is 0 Å². The third-order valence-electron chi connectivity index (χ3n) is 14.3.